The van der Waals surface area contributed by atoms with Crippen LogP contribution in [0.3, 0.4) is 0 Å². The van der Waals surface area contributed by atoms with Gasteiger partial charge in [0.05, 0.1) is 18.6 Å². The van der Waals surface area contributed by atoms with Gasteiger partial charge < -0.3 is 53.4 Å². The van der Waals surface area contributed by atoms with Crippen LogP contribution in [-0.4, -0.2) is 106 Å². The normalized spacial score (nSPS) is 15.9. The molecule has 0 fully saturated rings. The fraction of sp³-hybridized carbons (Fsp3) is 0.759. The maximum atomic E-state index is 13.4. The van der Waals surface area contributed by atoms with Gasteiger partial charge in [-0.15, -0.1) is 0 Å². The first-order valence-corrected chi connectivity index (χ1v) is 15.3. The minimum atomic E-state index is -1.78. The molecule has 0 aromatic rings. The lowest BCUT2D eigenvalue weighted by molar-refractivity contribution is -0.147. The molecule has 0 aromatic carbocycles. The van der Waals surface area contributed by atoms with Crippen molar-refractivity contribution in [3.63, 3.8) is 0 Å². The number of aliphatic hydroxyl groups excluding tert-OH is 1. The molecule has 0 rings (SSSR count). The molecule has 17 heteroatoms. The second-order valence-corrected chi connectivity index (χ2v) is 12.3. The van der Waals surface area contributed by atoms with Crippen molar-refractivity contribution in [3.05, 3.63) is 0 Å². The van der Waals surface area contributed by atoms with E-state index in [1.807, 2.05) is 0 Å². The molecule has 0 bridgehead atoms. The first kappa shape index (κ1) is 42.2. The molecule has 0 saturated carbocycles. The van der Waals surface area contributed by atoms with Crippen molar-refractivity contribution in [1.29, 1.82) is 0 Å². The van der Waals surface area contributed by atoms with Gasteiger partial charge in [-0.2, -0.15) is 0 Å². The van der Waals surface area contributed by atoms with Crippen LogP contribution in [0.2, 0.25) is 0 Å². The van der Waals surface area contributed by atoms with Gasteiger partial charge in [0.1, 0.15) is 30.2 Å². The van der Waals surface area contributed by atoms with E-state index in [2.05, 4.69) is 26.6 Å². The number of nitrogens with two attached hydrogens (primary N) is 2. The summed E-state index contributed by atoms with van der Waals surface area (Å²) in [6.07, 6.45) is -1.63. The largest absolute Gasteiger partial charge is 0.481 e. The lowest BCUT2D eigenvalue weighted by atomic mass is 9.98. The van der Waals surface area contributed by atoms with E-state index in [-0.39, 0.29) is 24.8 Å². The van der Waals surface area contributed by atoms with E-state index in [0.717, 1.165) is 0 Å². The van der Waals surface area contributed by atoms with Gasteiger partial charge in [0.15, 0.2) is 0 Å². The molecule has 0 saturated heterocycles. The monoisotopic (exact) mass is 659 g/mol. The summed E-state index contributed by atoms with van der Waals surface area (Å²) in [6.45, 7) is 11.6. The summed E-state index contributed by atoms with van der Waals surface area (Å²) in [4.78, 5) is 87.8. The highest BCUT2D eigenvalue weighted by Gasteiger charge is 2.36. The van der Waals surface area contributed by atoms with Gasteiger partial charge in [-0.25, -0.2) is 4.79 Å². The Morgan fingerprint density at radius 3 is 1.41 bits per heavy atom. The standard InChI is InChI=1S/C29H53N7O10/c1-13(2)20(31)25(41)34-21(14(3)4)26(42)35-22(15(5)6)27(43)36-23(16(7)37)28(44)32-17(10-8-9-11-30)24(40)33-18(29(45)46)12-19(38)39/h13-18,20-23,37H,8-12,30-31H2,1-7H3,(H,32,44)(H,33,40)(H,34,41)(H,35,42)(H,36,43)(H,38,39)(H,45,46)/t16-,17+,18+,20+,21+,22+,23+/m1/s1. The number of aliphatic hydroxyl groups is 1. The maximum Gasteiger partial charge on any atom is 0.326 e. The highest BCUT2D eigenvalue weighted by atomic mass is 16.4. The van der Waals surface area contributed by atoms with Crippen LogP contribution < -0.4 is 38.1 Å². The van der Waals surface area contributed by atoms with Crippen molar-refractivity contribution < 1.29 is 48.9 Å². The first-order valence-electron chi connectivity index (χ1n) is 15.3. The van der Waals surface area contributed by atoms with Gasteiger partial charge in [0, 0.05) is 0 Å². The number of amides is 5. The molecule has 5 amide bonds. The summed E-state index contributed by atoms with van der Waals surface area (Å²) in [6, 6.07) is -7.87. The predicted molar refractivity (Wildman–Crippen MR) is 167 cm³/mol. The van der Waals surface area contributed by atoms with Gasteiger partial charge in [-0.1, -0.05) is 41.5 Å². The van der Waals surface area contributed by atoms with E-state index in [1.165, 1.54) is 6.92 Å². The summed E-state index contributed by atoms with van der Waals surface area (Å²) in [5, 5.41) is 40.8. The molecule has 0 spiro atoms. The van der Waals surface area contributed by atoms with Crippen molar-refractivity contribution in [1.82, 2.24) is 26.6 Å². The van der Waals surface area contributed by atoms with Crippen LogP contribution in [0.1, 0.15) is 74.1 Å². The fourth-order valence-corrected chi connectivity index (χ4v) is 4.18. The minimum absolute atomic E-state index is 0.0118. The lowest BCUT2D eigenvalue weighted by Gasteiger charge is -2.30. The average Bonchev–Trinajstić information content (AvgIpc) is 2.94. The fourth-order valence-electron chi connectivity index (χ4n) is 4.18. The molecule has 0 unspecified atom stereocenters. The van der Waals surface area contributed by atoms with E-state index in [9.17, 15) is 43.8 Å². The Kier molecular flexibility index (Phi) is 18.6. The molecule has 7 atom stereocenters. The topological polar surface area (TPSA) is 292 Å². The summed E-state index contributed by atoms with van der Waals surface area (Å²) >= 11 is 0. The SMILES string of the molecule is CC(C)[C@H](N)C(=O)N[C@H](C(=O)N[C@H](C(=O)N[C@H](C(=O)N[C@@H](CCCCN)C(=O)N[C@@H](CC(=O)O)C(=O)O)[C@@H](C)O)C(C)C)C(C)C. The molecule has 0 aliphatic heterocycles. The van der Waals surface area contributed by atoms with Crippen LogP contribution >= 0.6 is 0 Å². The molecular formula is C29H53N7O10. The Morgan fingerprint density at radius 2 is 1.02 bits per heavy atom. The quantitative estimate of drug-likeness (QED) is 0.0586. The third-order valence-corrected chi connectivity index (χ3v) is 7.15. The number of aliphatic carboxylic acids is 2. The molecule has 17 nitrogen and oxygen atoms in total. The number of unbranched alkanes of at least 4 members (excludes halogenated alkanes) is 1. The molecule has 0 aliphatic carbocycles. The Hall–Kier alpha value is -3.83. The number of carboxylic acids is 2. The Morgan fingerprint density at radius 1 is 0.587 bits per heavy atom. The van der Waals surface area contributed by atoms with Gasteiger partial charge in [-0.05, 0) is 50.5 Å². The number of carbonyl (C=O) groups is 7. The van der Waals surface area contributed by atoms with E-state index in [4.69, 9.17) is 16.6 Å². The summed E-state index contributed by atoms with van der Waals surface area (Å²) < 4.78 is 0. The second kappa shape index (κ2) is 20.3. The smallest absolute Gasteiger partial charge is 0.326 e. The van der Waals surface area contributed by atoms with Crippen LogP contribution in [0, 0.1) is 17.8 Å². The molecule has 0 radical (unpaired) electrons. The van der Waals surface area contributed by atoms with Crippen LogP contribution in [0.5, 0.6) is 0 Å². The Bertz CT molecular complexity index is 1070. The van der Waals surface area contributed by atoms with Crippen molar-refractivity contribution in [2.45, 2.75) is 117 Å². The Labute approximate surface area is 269 Å². The third kappa shape index (κ3) is 14.5. The van der Waals surface area contributed by atoms with Gasteiger partial charge in [-0.3, -0.25) is 28.8 Å². The Balaban J connectivity index is 5.94. The minimum Gasteiger partial charge on any atom is -0.481 e. The van der Waals surface area contributed by atoms with E-state index < -0.39 is 96.2 Å². The number of carboxylic acid groups (broad SMARTS) is 2. The number of hydrogen-bond acceptors (Lipinski definition) is 10. The van der Waals surface area contributed by atoms with Crippen molar-refractivity contribution >= 4 is 41.5 Å². The molecule has 0 aromatic heterocycles. The van der Waals surface area contributed by atoms with Crippen molar-refractivity contribution in [2.24, 2.45) is 29.2 Å². The number of hydrogen-bond donors (Lipinski definition) is 10. The molecular weight excluding hydrogens is 606 g/mol. The highest BCUT2D eigenvalue weighted by molar-refractivity contribution is 5.97. The second-order valence-electron chi connectivity index (χ2n) is 12.3. The van der Waals surface area contributed by atoms with E-state index in [1.54, 1.807) is 41.5 Å². The lowest BCUT2D eigenvalue weighted by Crippen LogP contribution is -2.62. The van der Waals surface area contributed by atoms with Gasteiger partial charge >= 0.3 is 11.9 Å². The van der Waals surface area contributed by atoms with Crippen LogP contribution in [0.25, 0.3) is 0 Å². The van der Waals surface area contributed by atoms with E-state index in [0.29, 0.717) is 12.8 Å². The maximum absolute atomic E-state index is 13.4. The average molecular weight is 660 g/mol. The van der Waals surface area contributed by atoms with Crippen molar-refractivity contribution in [3.8, 4) is 0 Å². The van der Waals surface area contributed by atoms with Gasteiger partial charge in [0.25, 0.3) is 0 Å². The molecule has 264 valence electrons. The highest BCUT2D eigenvalue weighted by Crippen LogP contribution is 2.10. The molecule has 46 heavy (non-hydrogen) atoms. The zero-order chi connectivity index (χ0) is 35.9. The number of rotatable bonds is 21. The predicted octanol–water partition coefficient (Wildman–Crippen LogP) is -2.23. The van der Waals surface area contributed by atoms with Crippen LogP contribution in [-0.2, 0) is 33.6 Å². The first-order chi connectivity index (χ1) is 21.2. The van der Waals surface area contributed by atoms with Crippen LogP contribution in [0.15, 0.2) is 0 Å². The zero-order valence-corrected chi connectivity index (χ0v) is 27.7. The van der Waals surface area contributed by atoms with E-state index >= 15 is 0 Å². The molecule has 0 aliphatic rings. The number of nitrogens with one attached hydrogen (secondary N) is 5. The summed E-state index contributed by atoms with van der Waals surface area (Å²) in [5.74, 6) is -8.18. The molecule has 12 N–H and O–H groups in total. The third-order valence-electron chi connectivity index (χ3n) is 7.15. The van der Waals surface area contributed by atoms with Crippen LogP contribution in [0.4, 0.5) is 0 Å². The van der Waals surface area contributed by atoms with Crippen molar-refractivity contribution in [2.75, 3.05) is 6.54 Å². The zero-order valence-electron chi connectivity index (χ0n) is 27.7. The van der Waals surface area contributed by atoms with Gasteiger partial charge in [0.2, 0.25) is 29.5 Å². The summed E-state index contributed by atoms with van der Waals surface area (Å²) in [5.41, 5.74) is 11.4. The summed E-state index contributed by atoms with van der Waals surface area (Å²) in [7, 11) is 0. The molecule has 0 heterocycles. The number of carbonyl (C=O) groups excluding carboxylic acids is 5.